The molecule has 2 aliphatic rings. The number of piperidine rings is 1. The molecule has 1 aliphatic carbocycles. The summed E-state index contributed by atoms with van der Waals surface area (Å²) in [6.07, 6.45) is 7.06. The van der Waals surface area contributed by atoms with Crippen LogP contribution < -0.4 is 5.32 Å². The van der Waals surface area contributed by atoms with Gasteiger partial charge in [-0.2, -0.15) is 0 Å². The van der Waals surface area contributed by atoms with Crippen LogP contribution in [0.2, 0.25) is 0 Å². The molecule has 1 atom stereocenters. The minimum Gasteiger partial charge on any atom is -0.452 e. The normalized spacial score (nSPS) is 19.6. The molecular formula is C24H34N2O4. The van der Waals surface area contributed by atoms with Crippen LogP contribution in [-0.4, -0.2) is 47.9 Å². The van der Waals surface area contributed by atoms with Crippen LogP contribution in [0.15, 0.2) is 24.3 Å². The van der Waals surface area contributed by atoms with E-state index < -0.39 is 6.10 Å². The lowest BCUT2D eigenvalue weighted by molar-refractivity contribution is -0.160. The summed E-state index contributed by atoms with van der Waals surface area (Å²) < 4.78 is 5.47. The van der Waals surface area contributed by atoms with Crippen LogP contribution in [0.5, 0.6) is 0 Å². The molecule has 164 valence electrons. The lowest BCUT2D eigenvalue weighted by Gasteiger charge is -2.31. The van der Waals surface area contributed by atoms with Crippen LogP contribution in [-0.2, 0) is 14.3 Å². The number of ether oxygens (including phenoxy) is 1. The molecule has 1 heterocycles. The Balaban J connectivity index is 1.45. The fraction of sp³-hybridized carbons (Fsp3) is 0.625. The van der Waals surface area contributed by atoms with Crippen molar-refractivity contribution in [3.63, 3.8) is 0 Å². The van der Waals surface area contributed by atoms with Crippen molar-refractivity contribution in [2.24, 2.45) is 5.92 Å². The summed E-state index contributed by atoms with van der Waals surface area (Å²) in [6.45, 7) is 4.62. The van der Waals surface area contributed by atoms with Crippen LogP contribution in [0, 0.1) is 12.8 Å². The number of hydrogen-bond acceptors (Lipinski definition) is 4. The Hall–Kier alpha value is -2.37. The van der Waals surface area contributed by atoms with Crippen molar-refractivity contribution >= 4 is 17.8 Å². The Morgan fingerprint density at radius 1 is 1.00 bits per heavy atom. The van der Waals surface area contributed by atoms with Crippen molar-refractivity contribution in [1.82, 2.24) is 10.2 Å². The highest BCUT2D eigenvalue weighted by molar-refractivity contribution is 5.95. The maximum Gasteiger partial charge on any atom is 0.309 e. The molecule has 1 saturated carbocycles. The van der Waals surface area contributed by atoms with Gasteiger partial charge in [0.25, 0.3) is 11.8 Å². The highest BCUT2D eigenvalue weighted by Gasteiger charge is 2.31. The molecule has 0 radical (unpaired) electrons. The zero-order valence-electron chi connectivity index (χ0n) is 18.2. The second-order valence-electron chi connectivity index (χ2n) is 8.66. The van der Waals surface area contributed by atoms with Crippen LogP contribution in [0.4, 0.5) is 0 Å². The SMILES string of the molecule is Cc1ccccc1C(=O)N1CCC(C(=O)O[C@H](C)C(=O)NC2CCCCCC2)CC1. The van der Waals surface area contributed by atoms with Crippen molar-refractivity contribution in [3.8, 4) is 0 Å². The second kappa shape index (κ2) is 10.6. The Labute approximate surface area is 179 Å². The largest absolute Gasteiger partial charge is 0.452 e. The molecule has 30 heavy (non-hydrogen) atoms. The van der Waals surface area contributed by atoms with Gasteiger partial charge in [0.2, 0.25) is 0 Å². The molecule has 1 aromatic carbocycles. The van der Waals surface area contributed by atoms with Gasteiger partial charge in [-0.25, -0.2) is 0 Å². The lowest BCUT2D eigenvalue weighted by Crippen LogP contribution is -2.44. The fourth-order valence-electron chi connectivity index (χ4n) is 4.37. The van der Waals surface area contributed by atoms with E-state index in [2.05, 4.69) is 5.32 Å². The van der Waals surface area contributed by atoms with E-state index in [1.165, 1.54) is 12.8 Å². The summed E-state index contributed by atoms with van der Waals surface area (Å²) in [6, 6.07) is 7.75. The zero-order chi connectivity index (χ0) is 21.5. The third kappa shape index (κ3) is 5.83. The first-order valence-electron chi connectivity index (χ1n) is 11.3. The molecule has 2 amide bonds. The number of carbonyl (C=O) groups excluding carboxylic acids is 3. The summed E-state index contributed by atoms with van der Waals surface area (Å²) >= 11 is 0. The van der Waals surface area contributed by atoms with Crippen LogP contribution in [0.25, 0.3) is 0 Å². The van der Waals surface area contributed by atoms with Gasteiger partial charge in [0.15, 0.2) is 6.10 Å². The average molecular weight is 415 g/mol. The highest BCUT2D eigenvalue weighted by atomic mass is 16.5. The number of likely N-dealkylation sites (tertiary alicyclic amines) is 1. The topological polar surface area (TPSA) is 75.7 Å². The average Bonchev–Trinajstić information content (AvgIpc) is 3.02. The van der Waals surface area contributed by atoms with E-state index in [1.54, 1.807) is 11.8 Å². The number of nitrogens with zero attached hydrogens (tertiary/aromatic N) is 1. The molecule has 0 unspecified atom stereocenters. The van der Waals surface area contributed by atoms with Gasteiger partial charge in [0, 0.05) is 24.7 Å². The van der Waals surface area contributed by atoms with E-state index in [-0.39, 0.29) is 29.7 Å². The van der Waals surface area contributed by atoms with Gasteiger partial charge in [0.05, 0.1) is 5.92 Å². The minimum atomic E-state index is -0.785. The van der Waals surface area contributed by atoms with Gasteiger partial charge in [-0.05, 0) is 51.2 Å². The van der Waals surface area contributed by atoms with Crippen molar-refractivity contribution in [2.75, 3.05) is 13.1 Å². The van der Waals surface area contributed by atoms with Gasteiger partial charge in [-0.1, -0.05) is 43.9 Å². The number of benzene rings is 1. The first-order chi connectivity index (χ1) is 14.5. The molecule has 1 N–H and O–H groups in total. The van der Waals surface area contributed by atoms with E-state index in [0.717, 1.165) is 31.2 Å². The molecule has 3 rings (SSSR count). The first-order valence-corrected chi connectivity index (χ1v) is 11.3. The Morgan fingerprint density at radius 3 is 2.27 bits per heavy atom. The predicted octanol–water partition coefficient (Wildman–Crippen LogP) is 3.62. The smallest absolute Gasteiger partial charge is 0.309 e. The summed E-state index contributed by atoms with van der Waals surface area (Å²) in [5.41, 5.74) is 1.67. The molecule has 1 aromatic rings. The molecule has 0 spiro atoms. The van der Waals surface area contributed by atoms with E-state index in [0.29, 0.717) is 31.5 Å². The molecule has 1 aliphatic heterocycles. The molecule has 6 nitrogen and oxygen atoms in total. The molecule has 0 aromatic heterocycles. The van der Waals surface area contributed by atoms with Crippen molar-refractivity contribution in [2.45, 2.75) is 77.4 Å². The van der Waals surface area contributed by atoms with E-state index >= 15 is 0 Å². The van der Waals surface area contributed by atoms with Crippen LogP contribution >= 0.6 is 0 Å². The number of aryl methyl sites for hydroxylation is 1. The summed E-state index contributed by atoms with van der Waals surface area (Å²) in [4.78, 5) is 39.5. The summed E-state index contributed by atoms with van der Waals surface area (Å²) in [7, 11) is 0. The van der Waals surface area contributed by atoms with Crippen LogP contribution in [0.1, 0.15) is 74.2 Å². The number of amides is 2. The van der Waals surface area contributed by atoms with Crippen molar-refractivity contribution in [1.29, 1.82) is 0 Å². The quantitative estimate of drug-likeness (QED) is 0.590. The van der Waals surface area contributed by atoms with Crippen LogP contribution in [0.3, 0.4) is 0 Å². The molecule has 1 saturated heterocycles. The standard InChI is InChI=1S/C24H34N2O4/c1-17-9-7-8-12-21(17)23(28)26-15-13-19(14-16-26)24(29)30-18(2)22(27)25-20-10-5-3-4-6-11-20/h7-9,12,18-20H,3-6,10-11,13-16H2,1-2H3,(H,25,27)/t18-/m1/s1. The molecular weight excluding hydrogens is 380 g/mol. The third-order valence-electron chi connectivity index (χ3n) is 6.35. The van der Waals surface area contributed by atoms with E-state index in [4.69, 9.17) is 4.74 Å². The second-order valence-corrected chi connectivity index (χ2v) is 8.66. The predicted molar refractivity (Wildman–Crippen MR) is 115 cm³/mol. The maximum absolute atomic E-state index is 12.7. The van der Waals surface area contributed by atoms with Crippen molar-refractivity contribution in [3.05, 3.63) is 35.4 Å². The molecule has 0 bridgehead atoms. The zero-order valence-corrected chi connectivity index (χ0v) is 18.2. The molecule has 2 fully saturated rings. The summed E-state index contributed by atoms with van der Waals surface area (Å²) in [5.74, 6) is -0.793. The van der Waals surface area contributed by atoms with Gasteiger partial charge in [-0.15, -0.1) is 0 Å². The maximum atomic E-state index is 12.7. The molecule has 6 heteroatoms. The van der Waals surface area contributed by atoms with E-state index in [9.17, 15) is 14.4 Å². The first kappa shape index (κ1) is 22.3. The number of carbonyl (C=O) groups is 3. The number of hydrogen-bond donors (Lipinski definition) is 1. The number of nitrogens with one attached hydrogen (secondary N) is 1. The third-order valence-corrected chi connectivity index (χ3v) is 6.35. The summed E-state index contributed by atoms with van der Waals surface area (Å²) in [5, 5.41) is 3.04. The van der Waals surface area contributed by atoms with E-state index in [1.807, 2.05) is 31.2 Å². The Bertz CT molecular complexity index is 747. The minimum absolute atomic E-state index is 0.0102. The van der Waals surface area contributed by atoms with Gasteiger partial charge in [0.1, 0.15) is 0 Å². The lowest BCUT2D eigenvalue weighted by atomic mass is 9.96. The van der Waals surface area contributed by atoms with Gasteiger partial charge in [-0.3, -0.25) is 14.4 Å². The van der Waals surface area contributed by atoms with Crippen molar-refractivity contribution < 1.29 is 19.1 Å². The fourth-order valence-corrected chi connectivity index (χ4v) is 4.37. The highest BCUT2D eigenvalue weighted by Crippen LogP contribution is 2.22. The van der Waals surface area contributed by atoms with Gasteiger partial charge >= 0.3 is 5.97 Å². The number of rotatable bonds is 5. The monoisotopic (exact) mass is 414 g/mol. The number of esters is 1. The van der Waals surface area contributed by atoms with Gasteiger partial charge < -0.3 is 15.0 Å². The Kier molecular flexibility index (Phi) is 7.88. The Morgan fingerprint density at radius 2 is 1.63 bits per heavy atom.